The fourth-order valence-electron chi connectivity index (χ4n) is 10.6. The largest absolute Gasteiger partial charge is 0.470 e. The van der Waals surface area contributed by atoms with E-state index < -0.39 is 36.7 Å². The Bertz CT molecular complexity index is 2490. The molecule has 5 N–H and O–H groups in total. The number of fused-ring (bicyclic) bond motifs is 4. The van der Waals surface area contributed by atoms with Crippen LogP contribution in [0.5, 0.6) is 0 Å². The fourth-order valence-corrected chi connectivity index (χ4v) is 11.0. The summed E-state index contributed by atoms with van der Waals surface area (Å²) in [7, 11) is 2.60. The van der Waals surface area contributed by atoms with Crippen molar-refractivity contribution in [3.05, 3.63) is 70.5 Å². The number of nitrogens with one attached hydrogen (secondary N) is 4. The van der Waals surface area contributed by atoms with Crippen molar-refractivity contribution in [1.29, 1.82) is 0 Å². The lowest BCUT2D eigenvalue weighted by molar-refractivity contribution is -0.122. The number of ketones is 1. The summed E-state index contributed by atoms with van der Waals surface area (Å²) in [6.45, 7) is 10.4. The Kier molecular flexibility index (Phi) is 14.3. The summed E-state index contributed by atoms with van der Waals surface area (Å²) in [5.41, 5.74) is 5.15. The third-order valence-corrected chi connectivity index (χ3v) is 14.5. The van der Waals surface area contributed by atoms with Crippen molar-refractivity contribution in [2.75, 3.05) is 20.8 Å². The highest BCUT2D eigenvalue weighted by atomic mass is 35.5. The number of methoxy groups -OCH3 is 2. The van der Waals surface area contributed by atoms with E-state index in [0.29, 0.717) is 58.8 Å². The van der Waals surface area contributed by atoms with Gasteiger partial charge in [-0.1, -0.05) is 65.1 Å². The first-order valence-corrected chi connectivity index (χ1v) is 23.9. The van der Waals surface area contributed by atoms with Gasteiger partial charge in [0, 0.05) is 53.8 Å². The van der Waals surface area contributed by atoms with Crippen molar-refractivity contribution in [3.8, 4) is 11.3 Å². The van der Waals surface area contributed by atoms with E-state index in [-0.39, 0.29) is 42.2 Å². The number of aromatic nitrogens is 5. The van der Waals surface area contributed by atoms with Gasteiger partial charge in [0.05, 0.1) is 72.4 Å². The number of alkyl carbamates (subject to hydrolysis) is 2. The van der Waals surface area contributed by atoms with Gasteiger partial charge in [0.2, 0.25) is 0 Å². The average molecular weight is 932 g/mol. The number of likely N-dealkylation sites (tertiary alicyclic amines) is 1. The van der Waals surface area contributed by atoms with Gasteiger partial charge in [-0.25, -0.2) is 23.9 Å². The Morgan fingerprint density at radius 2 is 1.71 bits per heavy atom. The molecule has 5 heterocycles. The molecule has 8 rings (SSSR count). The van der Waals surface area contributed by atoms with Gasteiger partial charge in [0.25, 0.3) is 0 Å². The maximum Gasteiger partial charge on any atom is 0.407 e. The first-order chi connectivity index (χ1) is 31.7. The Morgan fingerprint density at radius 1 is 0.985 bits per heavy atom. The quantitative estimate of drug-likeness (QED) is 0.0768. The highest BCUT2D eigenvalue weighted by molar-refractivity contribution is 6.37. The molecule has 0 radical (unpaired) electrons. The number of nitrogens with zero attached hydrogens (tertiary/aromatic N) is 4. The Morgan fingerprint density at radius 3 is 2.44 bits per heavy atom. The topological polar surface area (TPSA) is 189 Å². The minimum atomic E-state index is -1.37. The second-order valence-corrected chi connectivity index (χ2v) is 19.4. The number of aromatic amines is 2. The zero-order chi connectivity index (χ0) is 47.0. The summed E-state index contributed by atoms with van der Waals surface area (Å²) in [6.07, 6.45) is 8.82. The lowest BCUT2D eigenvalue weighted by Gasteiger charge is -2.35. The average Bonchev–Trinajstić information content (AvgIpc) is 4.15. The second-order valence-electron chi connectivity index (χ2n) is 19.0. The summed E-state index contributed by atoms with van der Waals surface area (Å²) in [5.74, 6) is 2.66. The van der Waals surface area contributed by atoms with Gasteiger partial charge in [0.1, 0.15) is 29.8 Å². The van der Waals surface area contributed by atoms with Crippen LogP contribution in [0.1, 0.15) is 140 Å². The molecule has 2 aliphatic heterocycles. The molecule has 3 aromatic heterocycles. The van der Waals surface area contributed by atoms with Crippen LogP contribution < -0.4 is 10.6 Å². The number of imidazole rings is 2. The smallest absolute Gasteiger partial charge is 0.407 e. The summed E-state index contributed by atoms with van der Waals surface area (Å²) >= 11 is 7.33. The molecule has 8 atom stereocenters. The molecule has 8 unspecified atom stereocenters. The number of allylic oxidation sites excluding steroid dienone is 3. The molecule has 15 nitrogen and oxygen atoms in total. The van der Waals surface area contributed by atoms with Crippen LogP contribution >= 0.6 is 11.6 Å². The summed E-state index contributed by atoms with van der Waals surface area (Å²) in [6, 6.07) is 4.77. The Hall–Kier alpha value is -5.19. The van der Waals surface area contributed by atoms with Crippen LogP contribution in [0.2, 0.25) is 5.02 Å². The maximum absolute atomic E-state index is 16.6. The summed E-state index contributed by atoms with van der Waals surface area (Å²) in [5, 5.41) is 18.3. The third kappa shape index (κ3) is 9.37. The van der Waals surface area contributed by atoms with Gasteiger partial charge < -0.3 is 44.5 Å². The number of H-pyrrole nitrogens is 2. The first kappa shape index (κ1) is 47.3. The molecule has 0 bridgehead atoms. The molecule has 2 fully saturated rings. The van der Waals surface area contributed by atoms with Gasteiger partial charge in [-0.3, -0.25) is 9.69 Å². The second kappa shape index (κ2) is 20.0. The van der Waals surface area contributed by atoms with Gasteiger partial charge in [-0.2, -0.15) is 0 Å². The van der Waals surface area contributed by atoms with Crippen LogP contribution in [-0.4, -0.2) is 97.7 Å². The molecule has 2 aliphatic carbocycles. The van der Waals surface area contributed by atoms with E-state index in [1.807, 2.05) is 44.9 Å². The number of halogens is 2. The predicted molar refractivity (Wildman–Crippen MR) is 250 cm³/mol. The molecule has 1 saturated heterocycles. The highest BCUT2D eigenvalue weighted by Gasteiger charge is 2.40. The summed E-state index contributed by atoms with van der Waals surface area (Å²) < 4.78 is 34.9. The number of amides is 2. The van der Waals surface area contributed by atoms with Gasteiger partial charge >= 0.3 is 12.2 Å². The molecular formula is C49H64ClFN8O7. The zero-order valence-corrected chi connectivity index (χ0v) is 39.7. The Balaban J connectivity index is 0.998. The highest BCUT2D eigenvalue weighted by Crippen LogP contribution is 2.49. The van der Waals surface area contributed by atoms with Gasteiger partial charge in [-0.15, -0.1) is 0 Å². The number of rotatable bonds is 15. The van der Waals surface area contributed by atoms with Crippen LogP contribution in [-0.2, 0) is 19.0 Å². The molecular weight excluding hydrogens is 867 g/mol. The van der Waals surface area contributed by atoms with Crippen molar-refractivity contribution in [1.82, 2.24) is 40.0 Å². The van der Waals surface area contributed by atoms with Crippen LogP contribution in [0, 0.1) is 17.8 Å². The van der Waals surface area contributed by atoms with Crippen molar-refractivity contribution >= 4 is 51.6 Å². The summed E-state index contributed by atoms with van der Waals surface area (Å²) in [4.78, 5) is 55.5. The lowest BCUT2D eigenvalue weighted by Crippen LogP contribution is -2.54. The van der Waals surface area contributed by atoms with Crippen molar-refractivity contribution in [3.63, 3.8) is 0 Å². The normalized spacial score (nSPS) is 23.5. The Labute approximate surface area is 390 Å². The molecule has 356 valence electrons. The minimum absolute atomic E-state index is 0.0281. The van der Waals surface area contributed by atoms with E-state index in [9.17, 15) is 19.5 Å². The number of Topliss-reactive ketones (excluding diaryl/α,β-unsaturated/α-hetero) is 1. The number of hydrogen-bond donors (Lipinski definition) is 5. The van der Waals surface area contributed by atoms with E-state index in [0.717, 1.165) is 78.6 Å². The standard InChI is InChI=1S/C49H64ClFN8O7/c1-8-40-59-36-16-15-28(34-23-52-45(54-34)29-12-9-11-27(19-29)14-17-38(60)42(25(2)3)56-48(62)64-6)20-31(36)41(50)44(59)32-21-33(51)30(22-39(32)66-40)35-24-53-46(55-35)37-13-10-18-58(37)47(61)43(26(4)5)57-49(63)65-7/h15-16,20,22-27,29,33,37,40,42-43,47,61H,8-14,17-19,21H2,1-7H3,(H,52,54)(H,53,55)(H,56,62)(H,57,63). The molecule has 17 heteroatoms. The van der Waals surface area contributed by atoms with Gasteiger partial charge in [-0.05, 0) is 68.1 Å². The molecule has 4 aromatic rings. The van der Waals surface area contributed by atoms with E-state index >= 15 is 4.39 Å². The van der Waals surface area contributed by atoms with E-state index in [4.69, 9.17) is 35.8 Å². The van der Waals surface area contributed by atoms with Crippen molar-refractivity contribution in [2.45, 2.75) is 141 Å². The van der Waals surface area contributed by atoms with Crippen molar-refractivity contribution < 1.29 is 38.1 Å². The zero-order valence-electron chi connectivity index (χ0n) is 39.0. The number of aliphatic hydroxyl groups excluding tert-OH is 1. The monoisotopic (exact) mass is 930 g/mol. The molecule has 2 amide bonds. The first-order valence-electron chi connectivity index (χ1n) is 23.6. The predicted octanol–water partition coefficient (Wildman–Crippen LogP) is 9.72. The molecule has 1 aromatic carbocycles. The molecule has 1 saturated carbocycles. The van der Waals surface area contributed by atoms with Gasteiger partial charge in [0.15, 0.2) is 12.0 Å². The van der Waals surface area contributed by atoms with E-state index in [1.165, 1.54) is 14.2 Å². The number of aliphatic hydroxyl groups is 1. The van der Waals surface area contributed by atoms with Crippen LogP contribution in [0.3, 0.4) is 0 Å². The number of ether oxygens (including phenoxy) is 3. The lowest BCUT2D eigenvalue weighted by atomic mass is 9.78. The molecule has 66 heavy (non-hydrogen) atoms. The SMILES string of the molecule is CCC1OC2=C(CC(F)C(c3cnc(C4CCCN4C(O)C(NC(=O)OC)C(C)C)[nH]3)=C2)c2c(Cl)c3cc(-c4cnc(C5CCCC(CCC(=O)C(NC(=O)OC)C(C)C)C5)[nH]4)ccc3n21. The fraction of sp³-hybridized carbons (Fsp3) is 0.571. The molecule has 4 aliphatic rings. The van der Waals surface area contributed by atoms with Crippen LogP contribution in [0.15, 0.2) is 42.4 Å². The maximum atomic E-state index is 16.6. The van der Waals surface area contributed by atoms with E-state index in [1.54, 1.807) is 12.3 Å². The number of hydrogen-bond acceptors (Lipinski definition) is 10. The van der Waals surface area contributed by atoms with Crippen molar-refractivity contribution in [2.24, 2.45) is 17.8 Å². The van der Waals surface area contributed by atoms with Crippen LogP contribution in [0.4, 0.5) is 14.0 Å². The van der Waals surface area contributed by atoms with E-state index in [2.05, 4.69) is 44.2 Å². The third-order valence-electron chi connectivity index (χ3n) is 14.1. The number of alkyl halides is 1. The number of carbonyl (C=O) groups is 3. The number of carbonyl (C=O) groups excluding carboxylic acids is 3. The number of benzene rings is 1. The van der Waals surface area contributed by atoms with Crippen LogP contribution in [0.25, 0.3) is 33.3 Å². The molecule has 0 spiro atoms. The minimum Gasteiger partial charge on any atom is -0.470 e.